The van der Waals surface area contributed by atoms with E-state index >= 15 is 0 Å². The lowest BCUT2D eigenvalue weighted by Crippen LogP contribution is -2.19. The predicted molar refractivity (Wildman–Crippen MR) is 128 cm³/mol. The summed E-state index contributed by atoms with van der Waals surface area (Å²) >= 11 is 0. The van der Waals surface area contributed by atoms with Crippen LogP contribution in [-0.2, 0) is 17.8 Å². The maximum absolute atomic E-state index is 12.1. The zero-order valence-corrected chi connectivity index (χ0v) is 18.7. The van der Waals surface area contributed by atoms with Gasteiger partial charge in [0.25, 0.3) is 0 Å². The van der Waals surface area contributed by atoms with Crippen molar-refractivity contribution in [2.75, 3.05) is 12.3 Å². The van der Waals surface area contributed by atoms with E-state index in [2.05, 4.69) is 42.6 Å². The van der Waals surface area contributed by atoms with Crippen LogP contribution in [0, 0.1) is 13.8 Å². The van der Waals surface area contributed by atoms with Gasteiger partial charge in [-0.3, -0.25) is 4.79 Å². The standard InChI is InChI=1S/C26H29N3O3/c1-4-31-25-14-21(16-28-29-26(30)15-20-7-10-23(27)11-8-20)9-12-24(25)32-17-22-13-18(2)5-6-19(22)3/h5-14,16H,4,15,17,27H2,1-3H3,(H,29,30)/b28-16-. The number of hydrazone groups is 1. The van der Waals surface area contributed by atoms with Gasteiger partial charge in [-0.2, -0.15) is 5.10 Å². The van der Waals surface area contributed by atoms with Gasteiger partial charge in [0, 0.05) is 5.69 Å². The number of nitrogen functional groups attached to an aromatic ring is 1. The minimum atomic E-state index is -0.204. The van der Waals surface area contributed by atoms with Crippen molar-refractivity contribution < 1.29 is 14.3 Å². The van der Waals surface area contributed by atoms with E-state index in [0.29, 0.717) is 30.4 Å². The third-order valence-corrected chi connectivity index (χ3v) is 4.90. The monoisotopic (exact) mass is 431 g/mol. The number of carbonyl (C=O) groups is 1. The number of nitrogens with zero attached hydrogens (tertiary/aromatic N) is 1. The molecule has 0 aliphatic carbocycles. The summed E-state index contributed by atoms with van der Waals surface area (Å²) in [6.45, 7) is 7.04. The molecular weight excluding hydrogens is 402 g/mol. The van der Waals surface area contributed by atoms with Crippen LogP contribution in [0.4, 0.5) is 5.69 Å². The lowest BCUT2D eigenvalue weighted by Gasteiger charge is -2.14. The molecule has 0 saturated heterocycles. The Morgan fingerprint density at radius 2 is 1.78 bits per heavy atom. The summed E-state index contributed by atoms with van der Waals surface area (Å²) in [6.07, 6.45) is 1.81. The zero-order chi connectivity index (χ0) is 22.9. The van der Waals surface area contributed by atoms with Crippen molar-refractivity contribution in [3.63, 3.8) is 0 Å². The molecule has 0 unspecified atom stereocenters. The van der Waals surface area contributed by atoms with Gasteiger partial charge < -0.3 is 15.2 Å². The number of benzene rings is 3. The summed E-state index contributed by atoms with van der Waals surface area (Å²) in [5.74, 6) is 1.09. The van der Waals surface area contributed by atoms with Crippen LogP contribution in [0.25, 0.3) is 0 Å². The molecule has 166 valence electrons. The number of anilines is 1. The Hall–Kier alpha value is -3.80. The van der Waals surface area contributed by atoms with Crippen LogP contribution in [-0.4, -0.2) is 18.7 Å². The number of nitrogens with two attached hydrogens (primary N) is 1. The fourth-order valence-corrected chi connectivity index (χ4v) is 3.14. The Labute approximate surface area is 189 Å². The minimum absolute atomic E-state index is 0.204. The molecule has 0 spiro atoms. The van der Waals surface area contributed by atoms with E-state index in [-0.39, 0.29) is 12.3 Å². The third kappa shape index (κ3) is 6.60. The molecule has 6 heteroatoms. The highest BCUT2D eigenvalue weighted by Crippen LogP contribution is 2.29. The first-order valence-electron chi connectivity index (χ1n) is 10.6. The summed E-state index contributed by atoms with van der Waals surface area (Å²) in [5.41, 5.74) is 14.1. The second kappa shape index (κ2) is 11.0. The van der Waals surface area contributed by atoms with Crippen LogP contribution in [0.1, 0.15) is 34.7 Å². The molecule has 0 heterocycles. The number of hydrogen-bond donors (Lipinski definition) is 2. The van der Waals surface area contributed by atoms with Crippen LogP contribution in [0.15, 0.2) is 65.8 Å². The van der Waals surface area contributed by atoms with Gasteiger partial charge >= 0.3 is 0 Å². The van der Waals surface area contributed by atoms with Crippen molar-refractivity contribution in [3.8, 4) is 11.5 Å². The first kappa shape index (κ1) is 22.9. The molecule has 0 aliphatic rings. The molecule has 3 aromatic carbocycles. The van der Waals surface area contributed by atoms with Gasteiger partial charge in [-0.15, -0.1) is 0 Å². The Morgan fingerprint density at radius 3 is 2.53 bits per heavy atom. The van der Waals surface area contributed by atoms with Gasteiger partial charge in [0.1, 0.15) is 6.61 Å². The van der Waals surface area contributed by atoms with Gasteiger partial charge in [0.2, 0.25) is 5.91 Å². The second-order valence-electron chi connectivity index (χ2n) is 7.57. The lowest BCUT2D eigenvalue weighted by molar-refractivity contribution is -0.120. The Bertz CT molecular complexity index is 1090. The number of hydrogen-bond acceptors (Lipinski definition) is 5. The van der Waals surface area contributed by atoms with Gasteiger partial charge in [-0.25, -0.2) is 5.43 Å². The van der Waals surface area contributed by atoms with Crippen LogP contribution in [0.2, 0.25) is 0 Å². The first-order valence-corrected chi connectivity index (χ1v) is 10.6. The molecule has 32 heavy (non-hydrogen) atoms. The van der Waals surface area contributed by atoms with Crippen LogP contribution < -0.4 is 20.6 Å². The number of amides is 1. The number of rotatable bonds is 9. The minimum Gasteiger partial charge on any atom is -0.490 e. The summed E-state index contributed by atoms with van der Waals surface area (Å²) in [4.78, 5) is 12.1. The lowest BCUT2D eigenvalue weighted by atomic mass is 10.1. The molecule has 0 bridgehead atoms. The highest BCUT2D eigenvalue weighted by atomic mass is 16.5. The van der Waals surface area contributed by atoms with Crippen molar-refractivity contribution in [3.05, 3.63) is 88.5 Å². The second-order valence-corrected chi connectivity index (χ2v) is 7.57. The zero-order valence-electron chi connectivity index (χ0n) is 18.7. The molecule has 3 N–H and O–H groups in total. The Balaban J connectivity index is 1.62. The molecule has 0 fully saturated rings. The molecule has 0 radical (unpaired) electrons. The number of ether oxygens (including phenoxy) is 2. The van der Waals surface area contributed by atoms with E-state index in [1.54, 1.807) is 18.3 Å². The highest BCUT2D eigenvalue weighted by Gasteiger charge is 2.08. The number of aryl methyl sites for hydroxylation is 2. The van der Waals surface area contributed by atoms with E-state index in [1.165, 1.54) is 11.1 Å². The normalized spacial score (nSPS) is 10.8. The summed E-state index contributed by atoms with van der Waals surface area (Å²) in [7, 11) is 0. The van der Waals surface area contributed by atoms with E-state index < -0.39 is 0 Å². The maximum atomic E-state index is 12.1. The maximum Gasteiger partial charge on any atom is 0.244 e. The smallest absolute Gasteiger partial charge is 0.244 e. The third-order valence-electron chi connectivity index (χ3n) is 4.90. The van der Waals surface area contributed by atoms with E-state index in [1.807, 2.05) is 37.3 Å². The molecule has 3 aromatic rings. The van der Waals surface area contributed by atoms with Crippen molar-refractivity contribution in [1.29, 1.82) is 0 Å². The Kier molecular flexibility index (Phi) is 7.86. The van der Waals surface area contributed by atoms with Gasteiger partial charge in [0.05, 0.1) is 19.2 Å². The summed E-state index contributed by atoms with van der Waals surface area (Å²) in [5, 5.41) is 4.06. The number of carbonyl (C=O) groups excluding carboxylic acids is 1. The molecule has 6 nitrogen and oxygen atoms in total. The molecule has 1 amide bonds. The molecule has 0 aliphatic heterocycles. The average Bonchev–Trinajstić information content (AvgIpc) is 2.77. The fraction of sp³-hybridized carbons (Fsp3) is 0.231. The van der Waals surface area contributed by atoms with Gasteiger partial charge in [-0.05, 0) is 73.4 Å². The van der Waals surface area contributed by atoms with Gasteiger partial charge in [0.15, 0.2) is 11.5 Å². The Morgan fingerprint density at radius 1 is 1.00 bits per heavy atom. The quantitative estimate of drug-likeness (QED) is 0.296. The molecule has 3 rings (SSSR count). The van der Waals surface area contributed by atoms with E-state index in [0.717, 1.165) is 16.7 Å². The van der Waals surface area contributed by atoms with Crippen LogP contribution >= 0.6 is 0 Å². The molecule has 0 saturated carbocycles. The van der Waals surface area contributed by atoms with E-state index in [4.69, 9.17) is 15.2 Å². The highest BCUT2D eigenvalue weighted by molar-refractivity contribution is 5.84. The predicted octanol–water partition coefficient (Wildman–Crippen LogP) is 4.56. The first-order chi connectivity index (χ1) is 15.4. The molecule has 0 aromatic heterocycles. The van der Waals surface area contributed by atoms with Crippen molar-refractivity contribution in [1.82, 2.24) is 5.43 Å². The van der Waals surface area contributed by atoms with E-state index in [9.17, 15) is 4.79 Å². The molecule has 0 atom stereocenters. The summed E-state index contributed by atoms with van der Waals surface area (Å²) < 4.78 is 11.8. The van der Waals surface area contributed by atoms with Crippen LogP contribution in [0.3, 0.4) is 0 Å². The molecular formula is C26H29N3O3. The van der Waals surface area contributed by atoms with Gasteiger partial charge in [-0.1, -0.05) is 35.9 Å². The fourth-order valence-electron chi connectivity index (χ4n) is 3.14. The van der Waals surface area contributed by atoms with Crippen molar-refractivity contribution in [2.24, 2.45) is 5.10 Å². The topological polar surface area (TPSA) is 85.9 Å². The average molecular weight is 432 g/mol. The van der Waals surface area contributed by atoms with Crippen LogP contribution in [0.5, 0.6) is 11.5 Å². The number of nitrogens with one attached hydrogen (secondary N) is 1. The van der Waals surface area contributed by atoms with Crippen molar-refractivity contribution in [2.45, 2.75) is 33.8 Å². The SMILES string of the molecule is CCOc1cc(/C=N\NC(=O)Cc2ccc(N)cc2)ccc1OCc1cc(C)ccc1C. The van der Waals surface area contributed by atoms with Crippen molar-refractivity contribution >= 4 is 17.8 Å². The largest absolute Gasteiger partial charge is 0.490 e. The summed E-state index contributed by atoms with van der Waals surface area (Å²) in [6, 6.07) is 19.1.